The first-order valence-electron chi connectivity index (χ1n) is 22.4. The van der Waals surface area contributed by atoms with Crippen LogP contribution in [-0.2, 0) is 19.1 Å². The number of aliphatic hydroxyl groups is 1. The van der Waals surface area contributed by atoms with E-state index in [-0.39, 0.29) is 12.5 Å². The molecule has 8 rings (SSSR count). The van der Waals surface area contributed by atoms with Crippen molar-refractivity contribution in [3.63, 3.8) is 0 Å². The Labute approximate surface area is 413 Å². The third-order valence-corrected chi connectivity index (χ3v) is 12.5. The van der Waals surface area contributed by atoms with Crippen molar-refractivity contribution in [3.05, 3.63) is 156 Å². The first-order chi connectivity index (χ1) is 33.4. The van der Waals surface area contributed by atoms with Gasteiger partial charge in [-0.25, -0.2) is 9.59 Å². The summed E-state index contributed by atoms with van der Waals surface area (Å²) >= 11 is 2.52. The Bertz CT molecular complexity index is 3070. The number of aromatic nitrogens is 2. The van der Waals surface area contributed by atoms with Crippen molar-refractivity contribution in [2.24, 2.45) is 0 Å². The first-order valence-corrected chi connectivity index (χ1v) is 24.0. The maximum Gasteiger partial charge on any atom is 0.331 e. The lowest BCUT2D eigenvalue weighted by molar-refractivity contribution is -0.160. The number of aliphatic carboxylic acids is 1. The zero-order chi connectivity index (χ0) is 50.0. The SMILES string of the molecule is CC(C)(C)OC[C@@H](NC(=O)c1cc2c(Nc3ccc(-c4ccccc4)cc3)cncc2s1)C(=O)OC(C)(C)C.O=C(N[C@H](CO)C(=O)O)c1cc2c(Nc3ccc(-c4ccccc4)cc3)cncc2s1. The van der Waals surface area contributed by atoms with Crippen molar-refractivity contribution >= 4 is 89.3 Å². The summed E-state index contributed by atoms with van der Waals surface area (Å²) < 4.78 is 13.0. The summed E-state index contributed by atoms with van der Waals surface area (Å²) in [7, 11) is 0. The fourth-order valence-electron chi connectivity index (χ4n) is 6.93. The van der Waals surface area contributed by atoms with Gasteiger partial charge in [0.1, 0.15) is 5.60 Å². The summed E-state index contributed by atoms with van der Waals surface area (Å²) in [5.74, 6) is -2.76. The molecule has 4 heterocycles. The van der Waals surface area contributed by atoms with Crippen molar-refractivity contribution in [1.29, 1.82) is 0 Å². The molecule has 4 aromatic heterocycles. The van der Waals surface area contributed by atoms with Crippen LogP contribution < -0.4 is 21.3 Å². The number of rotatable bonds is 15. The minimum Gasteiger partial charge on any atom is -0.480 e. The largest absolute Gasteiger partial charge is 0.480 e. The molecular weight excluding hydrogens is 925 g/mol. The number of hydrogen-bond donors (Lipinski definition) is 6. The zero-order valence-electron chi connectivity index (χ0n) is 39.5. The summed E-state index contributed by atoms with van der Waals surface area (Å²) in [6.45, 7) is 10.4. The monoisotopic (exact) mass is 978 g/mol. The molecule has 8 aromatic rings. The smallest absolute Gasteiger partial charge is 0.331 e. The van der Waals surface area contributed by atoms with Crippen LogP contribution in [0.3, 0.4) is 0 Å². The number of nitrogens with zero attached hydrogens (tertiary/aromatic N) is 2. The molecule has 16 heteroatoms. The average Bonchev–Trinajstić information content (AvgIpc) is 3.99. The number of hydrogen-bond acceptors (Lipinski definition) is 13. The summed E-state index contributed by atoms with van der Waals surface area (Å²) in [6, 6.07) is 37.6. The standard InChI is InChI=1S/C31H35N3O4S.C23H19N3O4S/c1-30(2,3)37-19-25(29(36)38-31(4,5)6)34-28(35)26-16-23-24(17-32-18-27(23)39-26)33-22-14-12-21(13-15-22)20-10-8-7-9-11-20;27-13-19(23(29)30)26-22(28)20-10-17-18(11-24-12-21(17)31-20)25-16-8-6-15(7-9-16)14-4-2-1-3-5-14/h7-18,25,33H,19H2,1-6H3,(H,34,35);1-12,19,25,27H,13H2,(H,26,28)(H,29,30)/t25-;19-/m11/s1. The maximum atomic E-state index is 13.3. The number of ether oxygens (including phenoxy) is 2. The molecule has 2 amide bonds. The van der Waals surface area contributed by atoms with Gasteiger partial charge in [0.2, 0.25) is 0 Å². The molecule has 0 radical (unpaired) electrons. The second-order valence-electron chi connectivity index (χ2n) is 18.1. The predicted molar refractivity (Wildman–Crippen MR) is 278 cm³/mol. The van der Waals surface area contributed by atoms with Crippen molar-refractivity contribution in [2.45, 2.75) is 64.8 Å². The van der Waals surface area contributed by atoms with E-state index in [9.17, 15) is 19.2 Å². The highest BCUT2D eigenvalue weighted by Crippen LogP contribution is 2.35. The van der Waals surface area contributed by atoms with Gasteiger partial charge in [-0.15, -0.1) is 22.7 Å². The molecule has 6 N–H and O–H groups in total. The Morgan fingerprint density at radius 1 is 0.571 bits per heavy atom. The van der Waals surface area contributed by atoms with Crippen molar-refractivity contribution < 1.29 is 38.9 Å². The van der Waals surface area contributed by atoms with Gasteiger partial charge in [0, 0.05) is 34.5 Å². The Morgan fingerprint density at radius 3 is 1.37 bits per heavy atom. The fraction of sp³-hybridized carbons (Fsp3) is 0.222. The number of amides is 2. The van der Waals surface area contributed by atoms with E-state index in [1.165, 1.54) is 22.7 Å². The summed E-state index contributed by atoms with van der Waals surface area (Å²) in [5.41, 5.74) is 6.65. The molecule has 0 aliphatic carbocycles. The van der Waals surface area contributed by atoms with E-state index in [0.717, 1.165) is 65.2 Å². The van der Waals surface area contributed by atoms with E-state index < -0.39 is 47.7 Å². The van der Waals surface area contributed by atoms with E-state index in [1.807, 2.05) is 99.6 Å². The average molecular weight is 979 g/mol. The van der Waals surface area contributed by atoms with Gasteiger partial charge in [0.15, 0.2) is 12.1 Å². The molecule has 0 bridgehead atoms. The topological polar surface area (TPSA) is 201 Å². The van der Waals surface area contributed by atoms with Crippen LogP contribution >= 0.6 is 22.7 Å². The number of fused-ring (bicyclic) bond motifs is 2. The number of esters is 1. The molecule has 0 fully saturated rings. The van der Waals surface area contributed by atoms with Crippen LogP contribution in [0, 0.1) is 0 Å². The number of carbonyl (C=O) groups is 4. The van der Waals surface area contributed by atoms with Crippen LogP contribution in [0.5, 0.6) is 0 Å². The second kappa shape index (κ2) is 22.3. The number of benzene rings is 4. The normalized spacial score (nSPS) is 12.3. The minimum absolute atomic E-state index is 0.00237. The summed E-state index contributed by atoms with van der Waals surface area (Å²) in [5, 5.41) is 31.7. The van der Waals surface area contributed by atoms with Gasteiger partial charge < -0.3 is 41.0 Å². The molecule has 0 unspecified atom stereocenters. The highest BCUT2D eigenvalue weighted by molar-refractivity contribution is 7.21. The quantitative estimate of drug-likeness (QED) is 0.0532. The lowest BCUT2D eigenvalue weighted by atomic mass is 10.1. The Morgan fingerprint density at radius 2 is 0.986 bits per heavy atom. The maximum absolute atomic E-state index is 13.3. The molecule has 0 aliphatic rings. The third kappa shape index (κ3) is 13.6. The molecule has 2 atom stereocenters. The number of aliphatic hydroxyl groups excluding tert-OH is 1. The van der Waals surface area contributed by atoms with Gasteiger partial charge in [-0.05, 0) is 100 Å². The lowest BCUT2D eigenvalue weighted by Crippen LogP contribution is -2.48. The van der Waals surface area contributed by atoms with Gasteiger partial charge in [0.25, 0.3) is 11.8 Å². The van der Waals surface area contributed by atoms with Crippen molar-refractivity contribution in [3.8, 4) is 22.3 Å². The first kappa shape index (κ1) is 50.4. The van der Waals surface area contributed by atoms with Gasteiger partial charge in [0.05, 0.1) is 61.7 Å². The predicted octanol–water partition coefficient (Wildman–Crippen LogP) is 10.8. The zero-order valence-corrected chi connectivity index (χ0v) is 41.1. The third-order valence-electron chi connectivity index (χ3n) is 10.3. The second-order valence-corrected chi connectivity index (χ2v) is 20.3. The van der Waals surface area contributed by atoms with Gasteiger partial charge in [-0.3, -0.25) is 19.6 Å². The van der Waals surface area contributed by atoms with Crippen LogP contribution in [0.1, 0.15) is 60.9 Å². The molecule has 360 valence electrons. The Balaban J connectivity index is 0.000000212. The molecule has 0 saturated carbocycles. The van der Waals surface area contributed by atoms with Crippen LogP contribution in [0.15, 0.2) is 146 Å². The fourth-order valence-corrected chi connectivity index (χ4v) is 8.84. The van der Waals surface area contributed by atoms with Crippen LogP contribution in [0.25, 0.3) is 42.4 Å². The van der Waals surface area contributed by atoms with E-state index in [4.69, 9.17) is 19.7 Å². The highest BCUT2D eigenvalue weighted by atomic mass is 32.1. The van der Waals surface area contributed by atoms with Crippen LogP contribution in [0.4, 0.5) is 22.7 Å². The number of pyridine rings is 2. The lowest BCUT2D eigenvalue weighted by Gasteiger charge is -2.27. The van der Waals surface area contributed by atoms with Gasteiger partial charge >= 0.3 is 11.9 Å². The number of thiophene rings is 2. The molecule has 0 aliphatic heterocycles. The van der Waals surface area contributed by atoms with Gasteiger partial charge in [-0.2, -0.15) is 0 Å². The van der Waals surface area contributed by atoms with E-state index >= 15 is 0 Å². The van der Waals surface area contributed by atoms with Crippen molar-refractivity contribution in [1.82, 2.24) is 20.6 Å². The number of nitrogens with one attached hydrogen (secondary N) is 4. The Kier molecular flexibility index (Phi) is 16.0. The summed E-state index contributed by atoms with van der Waals surface area (Å²) in [4.78, 5) is 59.0. The molecule has 14 nitrogen and oxygen atoms in total. The summed E-state index contributed by atoms with van der Waals surface area (Å²) in [6.07, 6.45) is 6.80. The number of carboxylic acids is 1. The van der Waals surface area contributed by atoms with Crippen LogP contribution in [-0.4, -0.2) is 80.4 Å². The van der Waals surface area contributed by atoms with E-state index in [2.05, 4.69) is 67.6 Å². The molecule has 0 saturated heterocycles. The molecule has 4 aromatic carbocycles. The highest BCUT2D eigenvalue weighted by Gasteiger charge is 2.30. The molecular formula is C54H54N6O8S2. The number of carbonyl (C=O) groups excluding carboxylic acids is 3. The van der Waals surface area contributed by atoms with Crippen LogP contribution in [0.2, 0.25) is 0 Å². The van der Waals surface area contributed by atoms with Crippen molar-refractivity contribution in [2.75, 3.05) is 23.8 Å². The van der Waals surface area contributed by atoms with E-state index in [0.29, 0.717) is 9.75 Å². The number of carboxylic acid groups (broad SMARTS) is 1. The Hall–Kier alpha value is -7.50. The number of anilines is 4. The molecule has 70 heavy (non-hydrogen) atoms. The van der Waals surface area contributed by atoms with Gasteiger partial charge in [-0.1, -0.05) is 84.9 Å². The molecule has 0 spiro atoms. The van der Waals surface area contributed by atoms with E-state index in [1.54, 1.807) is 51.6 Å². The minimum atomic E-state index is -1.35.